The minimum Gasteiger partial charge on any atom is -0.450 e. The Morgan fingerprint density at radius 2 is 1.63 bits per heavy atom. The van der Waals surface area contributed by atoms with Gasteiger partial charge in [0.05, 0.1) is 6.10 Å². The molecule has 1 heterocycles. The first-order valence-corrected chi connectivity index (χ1v) is 9.16. The second-order valence-electron chi connectivity index (χ2n) is 8.08. The van der Waals surface area contributed by atoms with E-state index in [1.165, 1.54) is 0 Å². The molecule has 2 aromatic rings. The van der Waals surface area contributed by atoms with Crippen molar-refractivity contribution in [2.75, 3.05) is 0 Å². The number of aliphatic hydroxyl groups is 1. The second-order valence-corrected chi connectivity index (χ2v) is 8.08. The lowest BCUT2D eigenvalue weighted by atomic mass is 9.86. The summed E-state index contributed by atoms with van der Waals surface area (Å²) >= 11 is 0. The molecule has 0 bridgehead atoms. The van der Waals surface area contributed by atoms with Crippen LogP contribution in [0.5, 0.6) is 0 Å². The standard InChI is InChI=1S/C22H29NO4/c1-12-18(14(3)24)13(2)23-19(12)21(26)27-15(4)20(25)16-8-10-17(11-9-16)22(5,6)7/h8-11,14-15,23-24H,1-7H3/t14-,15+/m1/s1. The number of hydrogen-bond acceptors (Lipinski definition) is 4. The summed E-state index contributed by atoms with van der Waals surface area (Å²) in [6.45, 7) is 13.1. The fourth-order valence-electron chi connectivity index (χ4n) is 3.24. The Labute approximate surface area is 160 Å². The number of benzene rings is 1. The quantitative estimate of drug-likeness (QED) is 0.603. The molecule has 1 aromatic carbocycles. The van der Waals surface area contributed by atoms with E-state index in [0.717, 1.165) is 5.56 Å². The zero-order valence-electron chi connectivity index (χ0n) is 17.1. The van der Waals surface area contributed by atoms with Gasteiger partial charge in [-0.15, -0.1) is 0 Å². The molecule has 0 fully saturated rings. The molecular formula is C22H29NO4. The van der Waals surface area contributed by atoms with Gasteiger partial charge in [0.1, 0.15) is 5.69 Å². The van der Waals surface area contributed by atoms with Gasteiger partial charge in [-0.1, -0.05) is 45.0 Å². The summed E-state index contributed by atoms with van der Waals surface area (Å²) in [4.78, 5) is 28.1. The lowest BCUT2D eigenvalue weighted by molar-refractivity contribution is 0.0313. The van der Waals surface area contributed by atoms with Gasteiger partial charge in [-0.25, -0.2) is 4.79 Å². The van der Waals surface area contributed by atoms with Gasteiger partial charge in [0, 0.05) is 16.8 Å². The van der Waals surface area contributed by atoms with Crippen molar-refractivity contribution in [1.82, 2.24) is 4.98 Å². The van der Waals surface area contributed by atoms with Gasteiger partial charge in [0.2, 0.25) is 5.78 Å². The first-order chi connectivity index (χ1) is 12.4. The number of aliphatic hydroxyl groups excluding tert-OH is 1. The molecule has 2 rings (SSSR count). The number of aromatic nitrogens is 1. The summed E-state index contributed by atoms with van der Waals surface area (Å²) < 4.78 is 5.38. The van der Waals surface area contributed by atoms with Crippen molar-refractivity contribution in [1.29, 1.82) is 0 Å². The highest BCUT2D eigenvalue weighted by molar-refractivity contribution is 6.01. The van der Waals surface area contributed by atoms with Gasteiger partial charge in [-0.05, 0) is 44.2 Å². The number of aryl methyl sites for hydroxylation is 1. The minimum atomic E-state index is -0.906. The predicted octanol–water partition coefficient (Wildman–Crippen LogP) is 4.41. The van der Waals surface area contributed by atoms with Crippen LogP contribution in [0.1, 0.15) is 84.0 Å². The van der Waals surface area contributed by atoms with Crippen molar-refractivity contribution >= 4 is 11.8 Å². The average Bonchev–Trinajstić information content (AvgIpc) is 2.88. The molecule has 1 aromatic heterocycles. The van der Waals surface area contributed by atoms with Crippen LogP contribution in [0.3, 0.4) is 0 Å². The highest BCUT2D eigenvalue weighted by Crippen LogP contribution is 2.26. The largest absolute Gasteiger partial charge is 0.450 e. The number of ether oxygens (including phenoxy) is 1. The zero-order chi connectivity index (χ0) is 20.5. The Bertz CT molecular complexity index is 838. The molecule has 2 N–H and O–H groups in total. The van der Waals surface area contributed by atoms with E-state index in [0.29, 0.717) is 22.4 Å². The fraction of sp³-hybridized carbons (Fsp3) is 0.455. The van der Waals surface area contributed by atoms with Crippen LogP contribution in [-0.4, -0.2) is 27.9 Å². The Kier molecular flexibility index (Phi) is 5.95. The number of carbonyl (C=O) groups excluding carboxylic acids is 2. The molecule has 0 unspecified atom stereocenters. The Morgan fingerprint density at radius 1 is 1.07 bits per heavy atom. The number of nitrogens with one attached hydrogen (secondary N) is 1. The van der Waals surface area contributed by atoms with E-state index in [1.807, 2.05) is 12.1 Å². The highest BCUT2D eigenvalue weighted by atomic mass is 16.5. The van der Waals surface area contributed by atoms with Crippen molar-refractivity contribution in [2.24, 2.45) is 0 Å². The Hall–Kier alpha value is -2.40. The summed E-state index contributed by atoms with van der Waals surface area (Å²) in [6, 6.07) is 7.38. The lowest BCUT2D eigenvalue weighted by Gasteiger charge is -2.19. The van der Waals surface area contributed by atoms with E-state index in [2.05, 4.69) is 25.8 Å². The molecule has 27 heavy (non-hydrogen) atoms. The maximum absolute atomic E-state index is 12.6. The van der Waals surface area contributed by atoms with Crippen molar-refractivity contribution in [3.63, 3.8) is 0 Å². The number of hydrogen-bond donors (Lipinski definition) is 2. The van der Waals surface area contributed by atoms with E-state index >= 15 is 0 Å². The van der Waals surface area contributed by atoms with E-state index in [4.69, 9.17) is 4.74 Å². The minimum absolute atomic E-state index is 0.00418. The third-order valence-electron chi connectivity index (χ3n) is 4.81. The van der Waals surface area contributed by atoms with Crippen LogP contribution in [0.15, 0.2) is 24.3 Å². The molecule has 2 atom stereocenters. The van der Waals surface area contributed by atoms with Crippen LogP contribution in [-0.2, 0) is 10.2 Å². The molecule has 146 valence electrons. The average molecular weight is 371 g/mol. The van der Waals surface area contributed by atoms with Gasteiger partial charge in [0.25, 0.3) is 0 Å². The number of H-pyrrole nitrogens is 1. The number of rotatable bonds is 5. The van der Waals surface area contributed by atoms with E-state index < -0.39 is 18.2 Å². The topological polar surface area (TPSA) is 79.4 Å². The number of esters is 1. The molecule has 5 nitrogen and oxygen atoms in total. The zero-order valence-corrected chi connectivity index (χ0v) is 17.1. The van der Waals surface area contributed by atoms with Crippen molar-refractivity contribution in [2.45, 2.75) is 66.1 Å². The van der Waals surface area contributed by atoms with E-state index in [1.54, 1.807) is 39.8 Å². The van der Waals surface area contributed by atoms with Crippen LogP contribution < -0.4 is 0 Å². The number of carbonyl (C=O) groups is 2. The van der Waals surface area contributed by atoms with Crippen molar-refractivity contribution in [3.05, 3.63) is 57.9 Å². The third kappa shape index (κ3) is 4.48. The number of ketones is 1. The van der Waals surface area contributed by atoms with E-state index in [-0.39, 0.29) is 16.9 Å². The summed E-state index contributed by atoms with van der Waals surface area (Å²) in [6.07, 6.45) is -1.60. The Morgan fingerprint density at radius 3 is 2.07 bits per heavy atom. The molecule has 0 spiro atoms. The maximum Gasteiger partial charge on any atom is 0.355 e. The number of Topliss-reactive ketones (excluding diaryl/α,β-unsaturated/α-hetero) is 1. The first-order valence-electron chi connectivity index (χ1n) is 9.16. The SMILES string of the molecule is Cc1[nH]c(C(=O)O[C@@H](C)C(=O)c2ccc(C(C)(C)C)cc2)c(C)c1[C@@H](C)O. The fourth-order valence-corrected chi connectivity index (χ4v) is 3.24. The summed E-state index contributed by atoms with van der Waals surface area (Å²) in [7, 11) is 0. The van der Waals surface area contributed by atoms with Crippen LogP contribution in [0.4, 0.5) is 0 Å². The first kappa shape index (κ1) is 20.9. The molecule has 0 radical (unpaired) electrons. The molecule has 0 saturated carbocycles. The molecule has 0 saturated heterocycles. The lowest BCUT2D eigenvalue weighted by Crippen LogP contribution is -2.25. The van der Waals surface area contributed by atoms with Crippen LogP contribution in [0, 0.1) is 13.8 Å². The summed E-state index contributed by atoms with van der Waals surface area (Å²) in [5, 5.41) is 9.85. The van der Waals surface area contributed by atoms with E-state index in [9.17, 15) is 14.7 Å². The van der Waals surface area contributed by atoms with Gasteiger partial charge in [0.15, 0.2) is 6.10 Å². The molecule has 0 amide bonds. The van der Waals surface area contributed by atoms with Gasteiger partial charge >= 0.3 is 5.97 Å². The number of aromatic amines is 1. The summed E-state index contributed by atoms with van der Waals surface area (Å²) in [5.41, 5.74) is 3.95. The highest BCUT2D eigenvalue weighted by Gasteiger charge is 2.25. The molecule has 0 aliphatic rings. The maximum atomic E-state index is 12.6. The molecular weight excluding hydrogens is 342 g/mol. The smallest absolute Gasteiger partial charge is 0.355 e. The van der Waals surface area contributed by atoms with Gasteiger partial charge in [-0.2, -0.15) is 0 Å². The third-order valence-corrected chi connectivity index (χ3v) is 4.81. The predicted molar refractivity (Wildman–Crippen MR) is 105 cm³/mol. The molecule has 0 aliphatic heterocycles. The normalized spacial score (nSPS) is 13.9. The summed E-state index contributed by atoms with van der Waals surface area (Å²) in [5.74, 6) is -0.852. The van der Waals surface area contributed by atoms with Crippen LogP contribution in [0.2, 0.25) is 0 Å². The van der Waals surface area contributed by atoms with Crippen molar-refractivity contribution < 1.29 is 19.4 Å². The second kappa shape index (κ2) is 7.69. The molecule has 0 aliphatic carbocycles. The van der Waals surface area contributed by atoms with Crippen LogP contribution in [0.25, 0.3) is 0 Å². The Balaban J connectivity index is 2.15. The van der Waals surface area contributed by atoms with Gasteiger partial charge in [-0.3, -0.25) is 4.79 Å². The monoisotopic (exact) mass is 371 g/mol. The van der Waals surface area contributed by atoms with Crippen LogP contribution >= 0.6 is 0 Å². The van der Waals surface area contributed by atoms with Crippen molar-refractivity contribution in [3.8, 4) is 0 Å². The molecule has 5 heteroatoms. The van der Waals surface area contributed by atoms with Gasteiger partial charge < -0.3 is 14.8 Å².